The monoisotopic (exact) mass is 290 g/mol. The topological polar surface area (TPSA) is 46.5 Å². The molecule has 0 heterocycles. The Morgan fingerprint density at radius 1 is 1.15 bits per heavy atom. The minimum Gasteiger partial charge on any atom is -0.493 e. The van der Waals surface area contributed by atoms with Gasteiger partial charge in [0.1, 0.15) is 11.3 Å². The van der Waals surface area contributed by atoms with Crippen LogP contribution in [0.4, 0.5) is 0 Å². The van der Waals surface area contributed by atoms with Crippen molar-refractivity contribution >= 4 is 17.6 Å². The van der Waals surface area contributed by atoms with Crippen LogP contribution in [0.3, 0.4) is 0 Å². The van der Waals surface area contributed by atoms with Gasteiger partial charge in [-0.2, -0.15) is 0 Å². The Labute approximate surface area is 122 Å². The van der Waals surface area contributed by atoms with Crippen molar-refractivity contribution in [3.8, 4) is 16.9 Å². The van der Waals surface area contributed by atoms with E-state index in [2.05, 4.69) is 0 Å². The Balaban J connectivity index is 2.39. The molecule has 2 aromatic rings. The molecule has 0 amide bonds. The number of aromatic carboxylic acids is 1. The van der Waals surface area contributed by atoms with E-state index in [9.17, 15) is 9.90 Å². The summed E-state index contributed by atoms with van der Waals surface area (Å²) in [5.74, 6) is -0.594. The third-order valence-corrected chi connectivity index (χ3v) is 3.10. The van der Waals surface area contributed by atoms with Crippen molar-refractivity contribution in [3.05, 3.63) is 53.1 Å². The standard InChI is InChI=1S/C16H15ClO3/c1-2-9-20-15-8-5-12(10-14(15)16(18)19)11-3-6-13(17)7-4-11/h3-8,10H,2,9H2,1H3,(H,18,19). The first kappa shape index (κ1) is 14.4. The molecule has 4 heteroatoms. The van der Waals surface area contributed by atoms with E-state index in [1.54, 1.807) is 24.3 Å². The quantitative estimate of drug-likeness (QED) is 0.882. The summed E-state index contributed by atoms with van der Waals surface area (Å²) < 4.78 is 5.46. The number of hydrogen-bond donors (Lipinski definition) is 1. The fourth-order valence-corrected chi connectivity index (χ4v) is 1.98. The van der Waals surface area contributed by atoms with Crippen LogP contribution in [0, 0.1) is 0 Å². The van der Waals surface area contributed by atoms with Crippen molar-refractivity contribution < 1.29 is 14.6 Å². The maximum atomic E-state index is 11.3. The molecule has 2 rings (SSSR count). The zero-order valence-corrected chi connectivity index (χ0v) is 11.9. The van der Waals surface area contributed by atoms with Gasteiger partial charge in [-0.15, -0.1) is 0 Å². The molecular weight excluding hydrogens is 276 g/mol. The van der Waals surface area contributed by atoms with Gasteiger partial charge in [-0.25, -0.2) is 4.79 Å². The second-order valence-electron chi connectivity index (χ2n) is 4.37. The molecule has 0 saturated heterocycles. The molecule has 0 fully saturated rings. The maximum Gasteiger partial charge on any atom is 0.339 e. The minimum atomic E-state index is -0.994. The molecule has 104 valence electrons. The summed E-state index contributed by atoms with van der Waals surface area (Å²) in [4.78, 5) is 11.3. The van der Waals surface area contributed by atoms with Gasteiger partial charge in [0, 0.05) is 5.02 Å². The summed E-state index contributed by atoms with van der Waals surface area (Å²) in [5.41, 5.74) is 1.91. The molecular formula is C16H15ClO3. The first-order valence-corrected chi connectivity index (χ1v) is 6.75. The van der Waals surface area contributed by atoms with Gasteiger partial charge in [0.05, 0.1) is 6.61 Å². The summed E-state index contributed by atoms with van der Waals surface area (Å²) in [6, 6.07) is 12.4. The zero-order valence-electron chi connectivity index (χ0n) is 11.1. The lowest BCUT2D eigenvalue weighted by molar-refractivity contribution is 0.0692. The molecule has 20 heavy (non-hydrogen) atoms. The number of benzene rings is 2. The van der Waals surface area contributed by atoms with Gasteiger partial charge in [0.2, 0.25) is 0 Å². The fourth-order valence-electron chi connectivity index (χ4n) is 1.86. The summed E-state index contributed by atoms with van der Waals surface area (Å²) >= 11 is 5.85. The first-order chi connectivity index (χ1) is 9.61. The van der Waals surface area contributed by atoms with Crippen LogP contribution in [0.5, 0.6) is 5.75 Å². The van der Waals surface area contributed by atoms with Crippen LogP contribution < -0.4 is 4.74 Å². The number of rotatable bonds is 5. The van der Waals surface area contributed by atoms with Crippen molar-refractivity contribution in [3.63, 3.8) is 0 Å². The molecule has 0 aliphatic carbocycles. The Hall–Kier alpha value is -2.00. The predicted molar refractivity (Wildman–Crippen MR) is 79.6 cm³/mol. The van der Waals surface area contributed by atoms with Crippen molar-refractivity contribution in [1.82, 2.24) is 0 Å². The van der Waals surface area contributed by atoms with Gasteiger partial charge in [0.15, 0.2) is 0 Å². The van der Waals surface area contributed by atoms with Crippen molar-refractivity contribution in [1.29, 1.82) is 0 Å². The van der Waals surface area contributed by atoms with Crippen LogP contribution in [0.2, 0.25) is 5.02 Å². The van der Waals surface area contributed by atoms with Crippen LogP contribution in [0.25, 0.3) is 11.1 Å². The number of carboxylic acid groups (broad SMARTS) is 1. The van der Waals surface area contributed by atoms with Gasteiger partial charge in [-0.1, -0.05) is 36.7 Å². The Kier molecular flexibility index (Phi) is 4.64. The summed E-state index contributed by atoms with van der Waals surface area (Å²) in [6.07, 6.45) is 0.831. The Morgan fingerprint density at radius 3 is 2.40 bits per heavy atom. The van der Waals surface area contributed by atoms with Gasteiger partial charge >= 0.3 is 5.97 Å². The molecule has 0 unspecified atom stereocenters. The molecule has 2 aromatic carbocycles. The van der Waals surface area contributed by atoms with Crippen LogP contribution in [0.15, 0.2) is 42.5 Å². The number of ether oxygens (including phenoxy) is 1. The second-order valence-corrected chi connectivity index (χ2v) is 4.81. The second kappa shape index (κ2) is 6.44. The van der Waals surface area contributed by atoms with E-state index in [4.69, 9.17) is 16.3 Å². The molecule has 0 aromatic heterocycles. The largest absolute Gasteiger partial charge is 0.493 e. The lowest BCUT2D eigenvalue weighted by atomic mass is 10.0. The van der Waals surface area contributed by atoms with Crippen LogP contribution in [-0.2, 0) is 0 Å². The van der Waals surface area contributed by atoms with Gasteiger partial charge in [-0.3, -0.25) is 0 Å². The normalized spacial score (nSPS) is 10.3. The van der Waals surface area contributed by atoms with E-state index in [1.807, 2.05) is 25.1 Å². The van der Waals surface area contributed by atoms with E-state index >= 15 is 0 Å². The highest BCUT2D eigenvalue weighted by molar-refractivity contribution is 6.30. The molecule has 3 nitrogen and oxygen atoms in total. The lowest BCUT2D eigenvalue weighted by Crippen LogP contribution is -2.04. The molecule has 0 bridgehead atoms. The van der Waals surface area contributed by atoms with E-state index in [0.717, 1.165) is 17.5 Å². The van der Waals surface area contributed by atoms with E-state index in [0.29, 0.717) is 17.4 Å². The third kappa shape index (κ3) is 3.31. The van der Waals surface area contributed by atoms with Crippen LogP contribution >= 0.6 is 11.6 Å². The van der Waals surface area contributed by atoms with Crippen molar-refractivity contribution in [2.24, 2.45) is 0 Å². The lowest BCUT2D eigenvalue weighted by Gasteiger charge is -2.10. The highest BCUT2D eigenvalue weighted by atomic mass is 35.5. The predicted octanol–water partition coefficient (Wildman–Crippen LogP) is 4.49. The molecule has 0 radical (unpaired) electrons. The molecule has 1 N–H and O–H groups in total. The fraction of sp³-hybridized carbons (Fsp3) is 0.188. The van der Waals surface area contributed by atoms with Gasteiger partial charge < -0.3 is 9.84 Å². The highest BCUT2D eigenvalue weighted by Gasteiger charge is 2.13. The van der Waals surface area contributed by atoms with Crippen molar-refractivity contribution in [2.45, 2.75) is 13.3 Å². The summed E-state index contributed by atoms with van der Waals surface area (Å²) in [7, 11) is 0. The SMILES string of the molecule is CCCOc1ccc(-c2ccc(Cl)cc2)cc1C(=O)O. The first-order valence-electron chi connectivity index (χ1n) is 6.38. The van der Waals surface area contributed by atoms with E-state index in [1.165, 1.54) is 0 Å². The molecule has 0 saturated carbocycles. The third-order valence-electron chi connectivity index (χ3n) is 2.85. The smallest absolute Gasteiger partial charge is 0.339 e. The number of carbonyl (C=O) groups is 1. The van der Waals surface area contributed by atoms with Crippen molar-refractivity contribution in [2.75, 3.05) is 6.61 Å². The van der Waals surface area contributed by atoms with E-state index in [-0.39, 0.29) is 5.56 Å². The molecule has 0 aliphatic heterocycles. The molecule has 0 spiro atoms. The number of carboxylic acids is 1. The Morgan fingerprint density at radius 2 is 1.80 bits per heavy atom. The molecule has 0 atom stereocenters. The number of hydrogen-bond acceptors (Lipinski definition) is 2. The zero-order chi connectivity index (χ0) is 14.5. The average Bonchev–Trinajstić information content (AvgIpc) is 2.45. The van der Waals surface area contributed by atoms with Gasteiger partial charge in [-0.05, 0) is 41.8 Å². The molecule has 0 aliphatic rings. The highest BCUT2D eigenvalue weighted by Crippen LogP contribution is 2.27. The van der Waals surface area contributed by atoms with Crippen LogP contribution in [-0.4, -0.2) is 17.7 Å². The number of halogens is 1. The van der Waals surface area contributed by atoms with E-state index < -0.39 is 5.97 Å². The average molecular weight is 291 g/mol. The Bertz CT molecular complexity index is 606. The van der Waals surface area contributed by atoms with Gasteiger partial charge in [0.25, 0.3) is 0 Å². The summed E-state index contributed by atoms with van der Waals surface area (Å²) in [6.45, 7) is 2.48. The van der Waals surface area contributed by atoms with Crippen LogP contribution in [0.1, 0.15) is 23.7 Å². The summed E-state index contributed by atoms with van der Waals surface area (Å²) in [5, 5.41) is 9.93. The maximum absolute atomic E-state index is 11.3. The minimum absolute atomic E-state index is 0.172.